The highest BCUT2D eigenvalue weighted by Crippen LogP contribution is 2.04. The van der Waals surface area contributed by atoms with Gasteiger partial charge in [-0.25, -0.2) is 0 Å². The smallest absolute Gasteiger partial charge is 0.305 e. The summed E-state index contributed by atoms with van der Waals surface area (Å²) in [5.41, 5.74) is 0. The lowest BCUT2D eigenvalue weighted by Crippen LogP contribution is -2.10. The Labute approximate surface area is 74.0 Å². The molecular weight excluding hydrogens is 156 g/mol. The number of carbonyl (C=O) groups is 1. The van der Waals surface area contributed by atoms with E-state index in [1.165, 1.54) is 0 Å². The summed E-state index contributed by atoms with van der Waals surface area (Å²) in [4.78, 5) is 10.2. The number of carbonyl (C=O) groups excluding carboxylic acids is 1. The van der Waals surface area contributed by atoms with Crippen LogP contribution in [0.3, 0.4) is 0 Å². The van der Waals surface area contributed by atoms with E-state index in [-0.39, 0.29) is 5.97 Å². The highest BCUT2D eigenvalue weighted by atomic mass is 16.5. The van der Waals surface area contributed by atoms with E-state index in [4.69, 9.17) is 4.74 Å². The molecule has 0 atom stereocenters. The van der Waals surface area contributed by atoms with Gasteiger partial charge >= 0.3 is 5.97 Å². The second-order valence-corrected chi connectivity index (χ2v) is 2.46. The molecule has 0 unspecified atom stereocenters. The molecule has 0 aromatic heterocycles. The average molecular weight is 174 g/mol. The van der Waals surface area contributed by atoms with E-state index < -0.39 is 0 Å². The molecule has 0 aromatic rings. The Hall–Kier alpha value is -0.570. The van der Waals surface area contributed by atoms with Gasteiger partial charge in [-0.1, -0.05) is 0 Å². The van der Waals surface area contributed by atoms with Crippen LogP contribution in [0.4, 0.5) is 0 Å². The predicted molar refractivity (Wildman–Crippen MR) is 47.0 cm³/mol. The molecule has 0 aliphatic carbocycles. The van der Waals surface area contributed by atoms with Gasteiger partial charge in [0.1, 0.15) is 0 Å². The van der Waals surface area contributed by atoms with Gasteiger partial charge in [0, 0.05) is 19.6 Å². The molecule has 1 aliphatic heterocycles. The summed E-state index contributed by atoms with van der Waals surface area (Å²) in [6.07, 6.45) is 2.69. The lowest BCUT2D eigenvalue weighted by molar-refractivity contribution is -0.146. The fourth-order valence-electron chi connectivity index (χ4n) is 0.834. The number of rotatable bonds is 2. The first-order valence-electron chi connectivity index (χ1n) is 4.54. The summed E-state index contributed by atoms with van der Waals surface area (Å²) in [6.45, 7) is 6.30. The van der Waals surface area contributed by atoms with Crippen molar-refractivity contribution in [3.63, 3.8) is 0 Å². The zero-order chi connectivity index (χ0) is 9.23. The van der Waals surface area contributed by atoms with Crippen molar-refractivity contribution in [2.45, 2.75) is 33.1 Å². The highest BCUT2D eigenvalue weighted by molar-refractivity contribution is 5.69. The van der Waals surface area contributed by atoms with Gasteiger partial charge in [-0.2, -0.15) is 0 Å². The highest BCUT2D eigenvalue weighted by Gasteiger charge is 2.06. The van der Waals surface area contributed by atoms with Crippen LogP contribution >= 0.6 is 0 Å². The van der Waals surface area contributed by atoms with Gasteiger partial charge in [-0.15, -0.1) is 0 Å². The second-order valence-electron chi connectivity index (χ2n) is 2.46. The van der Waals surface area contributed by atoms with Crippen LogP contribution in [0, 0.1) is 0 Å². The maximum absolute atomic E-state index is 10.2. The van der Waals surface area contributed by atoms with Crippen molar-refractivity contribution in [1.82, 2.24) is 0 Å². The Kier molecular flexibility index (Phi) is 8.12. The van der Waals surface area contributed by atoms with Crippen molar-refractivity contribution >= 4 is 5.97 Å². The lowest BCUT2D eigenvalue weighted by Gasteiger charge is -2.08. The third kappa shape index (κ3) is 7.54. The first kappa shape index (κ1) is 11.4. The van der Waals surface area contributed by atoms with Gasteiger partial charge in [0.25, 0.3) is 0 Å². The number of ether oxygens (including phenoxy) is 2. The molecule has 1 rings (SSSR count). The van der Waals surface area contributed by atoms with E-state index >= 15 is 0 Å². The summed E-state index contributed by atoms with van der Waals surface area (Å²) in [5, 5.41) is 0. The molecule has 3 nitrogen and oxygen atoms in total. The maximum Gasteiger partial charge on any atom is 0.305 e. The summed E-state index contributed by atoms with van der Waals surface area (Å²) in [6, 6.07) is 0. The van der Waals surface area contributed by atoms with Crippen LogP contribution in [0.25, 0.3) is 0 Å². The maximum atomic E-state index is 10.2. The summed E-state index contributed by atoms with van der Waals surface area (Å²) in [5.74, 6) is -0.0359. The summed E-state index contributed by atoms with van der Waals surface area (Å²) < 4.78 is 9.47. The fourth-order valence-corrected chi connectivity index (χ4v) is 0.834. The van der Waals surface area contributed by atoms with Crippen LogP contribution in [0.2, 0.25) is 0 Å². The largest absolute Gasteiger partial charge is 0.466 e. The minimum absolute atomic E-state index is 0.0359. The molecule has 0 radical (unpaired) electrons. The molecular formula is C9H18O3. The van der Waals surface area contributed by atoms with Crippen LogP contribution in [-0.2, 0) is 14.3 Å². The first-order valence-corrected chi connectivity index (χ1v) is 4.54. The minimum atomic E-state index is -0.0359. The molecule has 0 saturated carbocycles. The molecule has 72 valence electrons. The van der Waals surface area contributed by atoms with Crippen molar-refractivity contribution < 1.29 is 14.3 Å². The molecule has 1 aliphatic rings. The van der Waals surface area contributed by atoms with Crippen LogP contribution in [0.15, 0.2) is 0 Å². The van der Waals surface area contributed by atoms with Crippen molar-refractivity contribution in [1.29, 1.82) is 0 Å². The molecule has 1 heterocycles. The van der Waals surface area contributed by atoms with Crippen molar-refractivity contribution in [2.24, 2.45) is 0 Å². The van der Waals surface area contributed by atoms with Gasteiger partial charge in [-0.05, 0) is 26.7 Å². The number of cyclic esters (lactones) is 1. The minimum Gasteiger partial charge on any atom is -0.466 e. The van der Waals surface area contributed by atoms with Crippen LogP contribution < -0.4 is 0 Å². The van der Waals surface area contributed by atoms with E-state index in [9.17, 15) is 4.79 Å². The zero-order valence-electron chi connectivity index (χ0n) is 7.97. The van der Waals surface area contributed by atoms with Crippen LogP contribution in [-0.4, -0.2) is 25.8 Å². The topological polar surface area (TPSA) is 35.5 Å². The summed E-state index contributed by atoms with van der Waals surface area (Å²) in [7, 11) is 0. The third-order valence-electron chi connectivity index (χ3n) is 1.45. The Morgan fingerprint density at radius 2 is 2.00 bits per heavy atom. The number of esters is 1. The molecule has 12 heavy (non-hydrogen) atoms. The van der Waals surface area contributed by atoms with E-state index in [1.54, 1.807) is 0 Å². The second kappa shape index (κ2) is 8.53. The molecule has 1 saturated heterocycles. The third-order valence-corrected chi connectivity index (χ3v) is 1.45. The molecule has 3 heteroatoms. The van der Waals surface area contributed by atoms with Gasteiger partial charge in [0.2, 0.25) is 0 Å². The Balaban J connectivity index is 0.000000217. The van der Waals surface area contributed by atoms with Gasteiger partial charge < -0.3 is 9.47 Å². The molecule has 0 N–H and O–H groups in total. The standard InChI is InChI=1S/C5H8O2.C4H10O/c6-5-3-1-2-4-7-5;1-3-5-4-2/h1-4H2;3-4H2,1-2H3. The summed E-state index contributed by atoms with van der Waals surface area (Å²) >= 11 is 0. The van der Waals surface area contributed by atoms with Crippen molar-refractivity contribution in [2.75, 3.05) is 19.8 Å². The lowest BCUT2D eigenvalue weighted by atomic mass is 10.2. The molecule has 0 spiro atoms. The van der Waals surface area contributed by atoms with Crippen LogP contribution in [0.5, 0.6) is 0 Å². The van der Waals surface area contributed by atoms with Gasteiger partial charge in [0.05, 0.1) is 6.61 Å². The SMILES string of the molecule is CCOCC.O=C1CCCCO1. The number of hydrogen-bond acceptors (Lipinski definition) is 3. The Morgan fingerprint density at radius 3 is 2.17 bits per heavy atom. The van der Waals surface area contributed by atoms with E-state index in [2.05, 4.69) is 4.74 Å². The van der Waals surface area contributed by atoms with E-state index in [0.29, 0.717) is 13.0 Å². The zero-order valence-corrected chi connectivity index (χ0v) is 7.97. The molecule has 1 fully saturated rings. The fraction of sp³-hybridized carbons (Fsp3) is 0.889. The molecule has 0 aromatic carbocycles. The average Bonchev–Trinajstić information content (AvgIpc) is 2.08. The van der Waals surface area contributed by atoms with Gasteiger partial charge in [0.15, 0.2) is 0 Å². The quantitative estimate of drug-likeness (QED) is 0.598. The number of hydrogen-bond donors (Lipinski definition) is 0. The van der Waals surface area contributed by atoms with Gasteiger partial charge in [-0.3, -0.25) is 4.79 Å². The Morgan fingerprint density at radius 1 is 1.33 bits per heavy atom. The Bertz CT molecular complexity index is 102. The predicted octanol–water partition coefficient (Wildman–Crippen LogP) is 1.76. The molecule has 0 bridgehead atoms. The normalized spacial score (nSPS) is 16.0. The van der Waals surface area contributed by atoms with E-state index in [1.807, 2.05) is 13.8 Å². The van der Waals surface area contributed by atoms with Crippen molar-refractivity contribution in [3.8, 4) is 0 Å². The monoisotopic (exact) mass is 174 g/mol. The first-order chi connectivity index (χ1) is 5.81. The molecule has 0 amide bonds. The van der Waals surface area contributed by atoms with Crippen molar-refractivity contribution in [3.05, 3.63) is 0 Å². The van der Waals surface area contributed by atoms with Crippen LogP contribution in [0.1, 0.15) is 33.1 Å². The van der Waals surface area contributed by atoms with E-state index in [0.717, 1.165) is 26.1 Å².